The molecule has 5 rings (SSSR count). The van der Waals surface area contributed by atoms with E-state index in [0.717, 1.165) is 61.4 Å². The fraction of sp³-hybridized carbons (Fsp3) is 0.429. The van der Waals surface area contributed by atoms with Gasteiger partial charge in [-0.25, -0.2) is 14.4 Å². The molecule has 0 atom stereocenters. The lowest BCUT2D eigenvalue weighted by Gasteiger charge is -2.32. The molecular weight excluding hydrogens is 441 g/mol. The summed E-state index contributed by atoms with van der Waals surface area (Å²) in [5, 5.41) is 0. The van der Waals surface area contributed by atoms with Crippen LogP contribution in [0.1, 0.15) is 71.2 Å². The van der Waals surface area contributed by atoms with Crippen LogP contribution in [-0.2, 0) is 6.42 Å². The summed E-state index contributed by atoms with van der Waals surface area (Å²) in [7, 11) is 0. The first-order valence-corrected chi connectivity index (χ1v) is 12.7. The van der Waals surface area contributed by atoms with E-state index in [1.807, 2.05) is 30.0 Å². The fourth-order valence-electron chi connectivity index (χ4n) is 5.07. The van der Waals surface area contributed by atoms with Crippen molar-refractivity contribution in [2.45, 2.75) is 51.4 Å². The van der Waals surface area contributed by atoms with E-state index in [9.17, 15) is 9.18 Å². The van der Waals surface area contributed by atoms with E-state index in [1.54, 1.807) is 12.1 Å². The second-order valence-electron chi connectivity index (χ2n) is 9.67. The Morgan fingerprint density at radius 3 is 2.43 bits per heavy atom. The van der Waals surface area contributed by atoms with E-state index in [1.165, 1.54) is 18.6 Å². The number of likely N-dealkylation sites (tertiary alicyclic amines) is 1. The summed E-state index contributed by atoms with van der Waals surface area (Å²) in [5.74, 6) is 0.773. The number of hydrogen-bond acceptors (Lipinski definition) is 5. The number of carbonyl (C=O) groups excluding carboxylic acids is 1. The van der Waals surface area contributed by atoms with Crippen LogP contribution in [0.3, 0.4) is 0 Å². The second kappa shape index (κ2) is 10.5. The Kier molecular flexibility index (Phi) is 7.02. The van der Waals surface area contributed by atoms with Gasteiger partial charge < -0.3 is 9.80 Å². The zero-order valence-electron chi connectivity index (χ0n) is 20.3. The Hall–Kier alpha value is -3.35. The number of pyridine rings is 1. The van der Waals surface area contributed by atoms with Gasteiger partial charge in [0.05, 0.1) is 0 Å². The van der Waals surface area contributed by atoms with Crippen LogP contribution in [-0.4, -0.2) is 51.9 Å². The number of halogens is 1. The van der Waals surface area contributed by atoms with E-state index >= 15 is 0 Å². The Morgan fingerprint density at radius 2 is 1.69 bits per heavy atom. The maximum atomic E-state index is 13.3. The average Bonchev–Trinajstić information content (AvgIpc) is 2.90. The Morgan fingerprint density at radius 1 is 0.943 bits per heavy atom. The van der Waals surface area contributed by atoms with Crippen LogP contribution in [0.15, 0.2) is 48.5 Å². The number of benzene rings is 1. The molecule has 2 fully saturated rings. The first kappa shape index (κ1) is 23.4. The quantitative estimate of drug-likeness (QED) is 0.526. The molecule has 35 heavy (non-hydrogen) atoms. The smallest absolute Gasteiger partial charge is 0.272 e. The van der Waals surface area contributed by atoms with Crippen molar-refractivity contribution in [2.24, 2.45) is 0 Å². The van der Waals surface area contributed by atoms with Gasteiger partial charge in [-0.05, 0) is 74.9 Å². The summed E-state index contributed by atoms with van der Waals surface area (Å²) in [6.45, 7) is 5.22. The molecule has 3 aromatic rings. The van der Waals surface area contributed by atoms with Crippen LogP contribution in [0.25, 0.3) is 0 Å². The minimum absolute atomic E-state index is 0.00905. The van der Waals surface area contributed by atoms with Gasteiger partial charge in [-0.2, -0.15) is 0 Å². The van der Waals surface area contributed by atoms with Crippen LogP contribution in [0.5, 0.6) is 0 Å². The van der Waals surface area contributed by atoms with Gasteiger partial charge in [-0.3, -0.25) is 9.78 Å². The molecule has 0 radical (unpaired) electrons. The number of aryl methyl sites for hydroxylation is 1. The standard InChI is InChI=1S/C28H32FN5O/c1-20-18-26(32-28(30-20)34-14-3-2-4-15-34)27(35)33-16-12-22(13-17-33)25-7-5-6-24(31-25)19-21-8-10-23(29)11-9-21/h5-11,18,22H,2-4,12-17,19H2,1H3. The molecule has 0 spiro atoms. The van der Waals surface area contributed by atoms with Crippen molar-refractivity contribution < 1.29 is 9.18 Å². The van der Waals surface area contributed by atoms with Crippen LogP contribution < -0.4 is 4.90 Å². The van der Waals surface area contributed by atoms with Gasteiger partial charge in [0.1, 0.15) is 11.5 Å². The van der Waals surface area contributed by atoms with Crippen molar-refractivity contribution >= 4 is 11.9 Å². The molecule has 1 amide bonds. The first-order chi connectivity index (χ1) is 17.0. The topological polar surface area (TPSA) is 62.2 Å². The summed E-state index contributed by atoms with van der Waals surface area (Å²) in [6, 6.07) is 14.5. The van der Waals surface area contributed by atoms with E-state index in [4.69, 9.17) is 4.98 Å². The van der Waals surface area contributed by atoms with Gasteiger partial charge in [0.15, 0.2) is 0 Å². The van der Waals surface area contributed by atoms with Crippen molar-refractivity contribution in [1.82, 2.24) is 19.9 Å². The van der Waals surface area contributed by atoms with Gasteiger partial charge in [-0.1, -0.05) is 18.2 Å². The lowest BCUT2D eigenvalue weighted by atomic mass is 9.92. The van der Waals surface area contributed by atoms with Crippen LogP contribution >= 0.6 is 0 Å². The highest BCUT2D eigenvalue weighted by Crippen LogP contribution is 2.28. The molecule has 4 heterocycles. The van der Waals surface area contributed by atoms with Gasteiger partial charge in [0.25, 0.3) is 5.91 Å². The first-order valence-electron chi connectivity index (χ1n) is 12.7. The van der Waals surface area contributed by atoms with Crippen LogP contribution in [0, 0.1) is 12.7 Å². The molecule has 1 aromatic carbocycles. The number of nitrogens with zero attached hydrogens (tertiary/aromatic N) is 5. The third kappa shape index (κ3) is 5.66. The molecule has 2 aliphatic heterocycles. The zero-order chi connectivity index (χ0) is 24.2. The van der Waals surface area contributed by atoms with Crippen molar-refractivity contribution in [2.75, 3.05) is 31.1 Å². The number of amides is 1. The van der Waals surface area contributed by atoms with Crippen molar-refractivity contribution in [1.29, 1.82) is 0 Å². The van der Waals surface area contributed by atoms with E-state index in [0.29, 0.717) is 37.1 Å². The third-order valence-corrected chi connectivity index (χ3v) is 7.03. The molecule has 0 aliphatic carbocycles. The van der Waals surface area contributed by atoms with E-state index < -0.39 is 0 Å². The molecule has 2 saturated heterocycles. The maximum Gasteiger partial charge on any atom is 0.272 e. The number of anilines is 1. The van der Waals surface area contributed by atoms with E-state index in [2.05, 4.69) is 20.9 Å². The minimum Gasteiger partial charge on any atom is -0.341 e. The van der Waals surface area contributed by atoms with Gasteiger partial charge in [0.2, 0.25) is 5.95 Å². The predicted molar refractivity (Wildman–Crippen MR) is 134 cm³/mol. The molecule has 0 saturated carbocycles. The third-order valence-electron chi connectivity index (χ3n) is 7.03. The molecule has 0 bridgehead atoms. The fourth-order valence-corrected chi connectivity index (χ4v) is 5.07. The summed E-state index contributed by atoms with van der Waals surface area (Å²) >= 11 is 0. The highest BCUT2D eigenvalue weighted by Gasteiger charge is 2.27. The summed E-state index contributed by atoms with van der Waals surface area (Å²) < 4.78 is 13.2. The predicted octanol–water partition coefficient (Wildman–Crippen LogP) is 4.92. The van der Waals surface area contributed by atoms with Crippen molar-refractivity contribution in [3.63, 3.8) is 0 Å². The Labute approximate surface area is 206 Å². The number of piperidine rings is 2. The molecule has 0 unspecified atom stereocenters. The summed E-state index contributed by atoms with van der Waals surface area (Å²) in [4.78, 5) is 31.5. The highest BCUT2D eigenvalue weighted by atomic mass is 19.1. The Balaban J connectivity index is 1.22. The van der Waals surface area contributed by atoms with Gasteiger partial charge >= 0.3 is 0 Å². The maximum absolute atomic E-state index is 13.3. The molecule has 7 heteroatoms. The molecule has 6 nitrogen and oxygen atoms in total. The summed E-state index contributed by atoms with van der Waals surface area (Å²) in [5.41, 5.74) is 4.42. The van der Waals surface area contributed by atoms with Gasteiger partial charge in [-0.15, -0.1) is 0 Å². The monoisotopic (exact) mass is 473 g/mol. The highest BCUT2D eigenvalue weighted by molar-refractivity contribution is 5.92. The molecule has 2 aliphatic rings. The second-order valence-corrected chi connectivity index (χ2v) is 9.67. The minimum atomic E-state index is -0.225. The lowest BCUT2D eigenvalue weighted by molar-refractivity contribution is 0.0706. The number of aromatic nitrogens is 3. The van der Waals surface area contributed by atoms with Crippen molar-refractivity contribution in [3.8, 4) is 0 Å². The Bertz CT molecular complexity index is 1170. The molecular formula is C28H32FN5O. The van der Waals surface area contributed by atoms with Gasteiger partial charge in [0, 0.05) is 55.6 Å². The zero-order valence-corrected chi connectivity index (χ0v) is 20.3. The normalized spacial score (nSPS) is 17.0. The average molecular weight is 474 g/mol. The van der Waals surface area contributed by atoms with Crippen molar-refractivity contribution in [3.05, 3.63) is 82.7 Å². The number of hydrogen-bond donors (Lipinski definition) is 0. The summed E-state index contributed by atoms with van der Waals surface area (Å²) in [6.07, 6.45) is 5.97. The van der Waals surface area contributed by atoms with Crippen LogP contribution in [0.4, 0.5) is 10.3 Å². The number of carbonyl (C=O) groups is 1. The lowest BCUT2D eigenvalue weighted by Crippen LogP contribution is -2.39. The molecule has 2 aromatic heterocycles. The molecule has 182 valence electrons. The van der Waals surface area contributed by atoms with E-state index in [-0.39, 0.29) is 11.7 Å². The SMILES string of the molecule is Cc1cc(C(=O)N2CCC(c3cccc(Cc4ccc(F)cc4)n3)CC2)nc(N2CCCCC2)n1. The molecule has 0 N–H and O–H groups in total. The van der Waals surface area contributed by atoms with Crippen LogP contribution in [0.2, 0.25) is 0 Å². The largest absolute Gasteiger partial charge is 0.341 e. The number of rotatable bonds is 5.